The molecular weight excluding hydrogens is 347 g/mol. The maximum atomic E-state index is 3.48. The number of rotatable bonds is 3. The topological polar surface area (TPSA) is 27.8 Å². The van der Waals surface area contributed by atoms with Crippen LogP contribution < -0.4 is 5.32 Å². The minimum atomic E-state index is 0.836. The van der Waals surface area contributed by atoms with Gasteiger partial charge in [-0.1, -0.05) is 24.3 Å². The molecular formula is C16H15IN2. The molecule has 19 heavy (non-hydrogen) atoms. The van der Waals surface area contributed by atoms with E-state index < -0.39 is 0 Å². The molecule has 0 aliphatic heterocycles. The molecule has 0 atom stereocenters. The van der Waals surface area contributed by atoms with Gasteiger partial charge in [-0.25, -0.2) is 0 Å². The molecule has 0 fully saturated rings. The van der Waals surface area contributed by atoms with Crippen molar-refractivity contribution in [1.29, 1.82) is 0 Å². The molecule has 3 heteroatoms. The van der Waals surface area contributed by atoms with E-state index in [1.165, 1.54) is 31.3 Å². The zero-order valence-electron chi connectivity index (χ0n) is 10.7. The first-order valence-corrected chi connectivity index (χ1v) is 7.37. The van der Waals surface area contributed by atoms with Crippen molar-refractivity contribution in [3.8, 4) is 0 Å². The molecule has 96 valence electrons. The van der Waals surface area contributed by atoms with Crippen LogP contribution in [0.1, 0.15) is 11.1 Å². The summed E-state index contributed by atoms with van der Waals surface area (Å²) >= 11 is 2.37. The van der Waals surface area contributed by atoms with Crippen LogP contribution in [0.3, 0.4) is 0 Å². The van der Waals surface area contributed by atoms with Gasteiger partial charge in [0, 0.05) is 32.9 Å². The van der Waals surface area contributed by atoms with E-state index in [4.69, 9.17) is 0 Å². The normalized spacial score (nSPS) is 10.8. The quantitative estimate of drug-likeness (QED) is 0.650. The molecule has 0 radical (unpaired) electrons. The van der Waals surface area contributed by atoms with Crippen molar-refractivity contribution in [2.75, 3.05) is 5.32 Å². The summed E-state index contributed by atoms with van der Waals surface area (Å²) in [6.45, 7) is 2.97. The fraction of sp³-hybridized carbons (Fsp3) is 0.125. The lowest BCUT2D eigenvalue weighted by Crippen LogP contribution is -1.99. The van der Waals surface area contributed by atoms with E-state index in [0.717, 1.165) is 6.54 Å². The van der Waals surface area contributed by atoms with Gasteiger partial charge in [0.25, 0.3) is 0 Å². The molecule has 0 unspecified atom stereocenters. The van der Waals surface area contributed by atoms with Gasteiger partial charge in [0.2, 0.25) is 0 Å². The number of aromatic amines is 1. The summed E-state index contributed by atoms with van der Waals surface area (Å²) in [7, 11) is 0. The van der Waals surface area contributed by atoms with Crippen LogP contribution >= 0.6 is 22.6 Å². The second-order valence-corrected chi connectivity index (χ2v) is 5.84. The van der Waals surface area contributed by atoms with E-state index in [2.05, 4.69) is 88.5 Å². The number of aryl methyl sites for hydroxylation is 1. The summed E-state index contributed by atoms with van der Waals surface area (Å²) in [6.07, 6.45) is 2.08. The van der Waals surface area contributed by atoms with E-state index in [-0.39, 0.29) is 0 Å². The number of aromatic nitrogens is 1. The summed E-state index contributed by atoms with van der Waals surface area (Å²) in [5.41, 5.74) is 4.97. The molecule has 0 aliphatic rings. The van der Waals surface area contributed by atoms with Crippen molar-refractivity contribution in [3.05, 3.63) is 63.4 Å². The predicted molar refractivity (Wildman–Crippen MR) is 89.5 cm³/mol. The van der Waals surface area contributed by atoms with Gasteiger partial charge >= 0.3 is 0 Å². The molecule has 2 N–H and O–H groups in total. The monoisotopic (exact) mass is 362 g/mol. The molecule has 2 nitrogen and oxygen atoms in total. The van der Waals surface area contributed by atoms with Crippen LogP contribution in [-0.4, -0.2) is 4.98 Å². The van der Waals surface area contributed by atoms with Crippen molar-refractivity contribution in [1.82, 2.24) is 4.98 Å². The van der Waals surface area contributed by atoms with Crippen LogP contribution in [0.5, 0.6) is 0 Å². The van der Waals surface area contributed by atoms with Crippen molar-refractivity contribution in [2.24, 2.45) is 0 Å². The van der Waals surface area contributed by atoms with Gasteiger partial charge in [-0.3, -0.25) is 0 Å². The van der Waals surface area contributed by atoms with Crippen molar-refractivity contribution in [2.45, 2.75) is 13.5 Å². The van der Waals surface area contributed by atoms with Crippen molar-refractivity contribution >= 4 is 39.2 Å². The minimum Gasteiger partial charge on any atom is -0.381 e. The number of hydrogen-bond donors (Lipinski definition) is 2. The zero-order chi connectivity index (χ0) is 13.2. The first-order chi connectivity index (χ1) is 9.24. The van der Waals surface area contributed by atoms with E-state index in [0.29, 0.717) is 0 Å². The molecule has 1 aromatic heterocycles. The summed E-state index contributed by atoms with van der Waals surface area (Å²) in [5.74, 6) is 0. The smallest absolute Gasteiger partial charge is 0.0457 e. The van der Waals surface area contributed by atoms with Gasteiger partial charge in [0.05, 0.1) is 0 Å². The largest absolute Gasteiger partial charge is 0.381 e. The highest BCUT2D eigenvalue weighted by Crippen LogP contribution is 2.21. The van der Waals surface area contributed by atoms with E-state index >= 15 is 0 Å². The van der Waals surface area contributed by atoms with Gasteiger partial charge in [-0.2, -0.15) is 0 Å². The van der Waals surface area contributed by atoms with Crippen LogP contribution in [0.4, 0.5) is 5.69 Å². The average molecular weight is 362 g/mol. The lowest BCUT2D eigenvalue weighted by molar-refractivity contribution is 1.16. The summed E-state index contributed by atoms with van der Waals surface area (Å²) in [4.78, 5) is 3.30. The zero-order valence-corrected chi connectivity index (χ0v) is 12.9. The van der Waals surface area contributed by atoms with Gasteiger partial charge < -0.3 is 10.3 Å². The summed E-state index contributed by atoms with van der Waals surface area (Å²) < 4.78 is 1.29. The Morgan fingerprint density at radius 3 is 2.84 bits per heavy atom. The van der Waals surface area contributed by atoms with E-state index in [9.17, 15) is 0 Å². The lowest BCUT2D eigenvalue weighted by Gasteiger charge is -2.07. The molecule has 1 heterocycles. The molecule has 0 amide bonds. The Hall–Kier alpha value is -1.49. The Labute approximate surface area is 126 Å². The van der Waals surface area contributed by atoms with Crippen LogP contribution in [-0.2, 0) is 6.54 Å². The molecule has 0 spiro atoms. The Balaban J connectivity index is 1.80. The molecule has 3 aromatic rings. The summed E-state index contributed by atoms with van der Waals surface area (Å²) in [5, 5.41) is 4.77. The number of para-hydroxylation sites is 1. The first kappa shape index (κ1) is 12.5. The number of anilines is 1. The van der Waals surface area contributed by atoms with Crippen LogP contribution in [0, 0.1) is 10.5 Å². The van der Waals surface area contributed by atoms with Crippen LogP contribution in [0.15, 0.2) is 48.7 Å². The standard InChI is InChI=1S/C16H15IN2/c1-11-6-7-13(8-15(11)17)18-9-12-10-19-16-5-3-2-4-14(12)16/h2-8,10,18-19H,9H2,1H3. The fourth-order valence-electron chi connectivity index (χ4n) is 2.18. The first-order valence-electron chi connectivity index (χ1n) is 6.29. The van der Waals surface area contributed by atoms with Crippen LogP contribution in [0.25, 0.3) is 10.9 Å². The Bertz CT molecular complexity index is 716. The van der Waals surface area contributed by atoms with Gasteiger partial charge in [0.1, 0.15) is 0 Å². The third kappa shape index (κ3) is 2.61. The highest BCUT2D eigenvalue weighted by molar-refractivity contribution is 14.1. The van der Waals surface area contributed by atoms with E-state index in [1.54, 1.807) is 0 Å². The third-order valence-electron chi connectivity index (χ3n) is 3.33. The third-order valence-corrected chi connectivity index (χ3v) is 4.49. The Morgan fingerprint density at radius 1 is 1.16 bits per heavy atom. The maximum absolute atomic E-state index is 3.48. The molecule has 0 saturated carbocycles. The lowest BCUT2D eigenvalue weighted by atomic mass is 10.1. The molecule has 0 saturated heterocycles. The number of nitrogens with one attached hydrogen (secondary N) is 2. The number of fused-ring (bicyclic) bond motifs is 1. The predicted octanol–water partition coefficient (Wildman–Crippen LogP) is 4.69. The number of H-pyrrole nitrogens is 1. The maximum Gasteiger partial charge on any atom is 0.0457 e. The number of hydrogen-bond acceptors (Lipinski definition) is 1. The van der Waals surface area contributed by atoms with E-state index in [1.807, 2.05) is 0 Å². The van der Waals surface area contributed by atoms with Crippen molar-refractivity contribution in [3.63, 3.8) is 0 Å². The van der Waals surface area contributed by atoms with Crippen molar-refractivity contribution < 1.29 is 0 Å². The fourth-order valence-corrected chi connectivity index (χ4v) is 2.69. The van der Waals surface area contributed by atoms with Gasteiger partial charge in [-0.15, -0.1) is 0 Å². The van der Waals surface area contributed by atoms with Gasteiger partial charge in [0.15, 0.2) is 0 Å². The highest BCUT2D eigenvalue weighted by atomic mass is 127. The second-order valence-electron chi connectivity index (χ2n) is 4.68. The summed E-state index contributed by atoms with van der Waals surface area (Å²) in [6, 6.07) is 14.9. The second kappa shape index (κ2) is 5.25. The van der Waals surface area contributed by atoms with Crippen LogP contribution in [0.2, 0.25) is 0 Å². The SMILES string of the molecule is Cc1ccc(NCc2c[nH]c3ccccc23)cc1I. The van der Waals surface area contributed by atoms with Gasteiger partial charge in [-0.05, 0) is 58.8 Å². The average Bonchev–Trinajstić information content (AvgIpc) is 2.83. The molecule has 3 rings (SSSR count). The molecule has 0 aliphatic carbocycles. The highest BCUT2D eigenvalue weighted by Gasteiger charge is 2.03. The number of benzene rings is 2. The number of halogens is 1. The Kier molecular flexibility index (Phi) is 3.46. The minimum absolute atomic E-state index is 0.836. The molecule has 0 bridgehead atoms. The Morgan fingerprint density at radius 2 is 2.00 bits per heavy atom. The molecule has 2 aromatic carbocycles.